The van der Waals surface area contributed by atoms with Crippen molar-refractivity contribution in [3.05, 3.63) is 34.4 Å². The summed E-state index contributed by atoms with van der Waals surface area (Å²) < 4.78 is 32.2. The molecule has 2 heterocycles. The summed E-state index contributed by atoms with van der Waals surface area (Å²) in [4.78, 5) is 4.64. The molecule has 0 aliphatic carbocycles. The molecule has 0 amide bonds. The summed E-state index contributed by atoms with van der Waals surface area (Å²) >= 11 is 1.06. The molecule has 110 valence electrons. The smallest absolute Gasteiger partial charge is 0.250 e. The fourth-order valence-corrected chi connectivity index (χ4v) is 4.07. The van der Waals surface area contributed by atoms with E-state index in [2.05, 4.69) is 9.71 Å². The van der Waals surface area contributed by atoms with Gasteiger partial charge >= 0.3 is 0 Å². The summed E-state index contributed by atoms with van der Waals surface area (Å²) in [6.45, 7) is 3.54. The quantitative estimate of drug-likeness (QED) is 0.844. The fourth-order valence-electron chi connectivity index (χ4n) is 1.60. The first-order chi connectivity index (χ1) is 9.46. The van der Waals surface area contributed by atoms with Crippen LogP contribution in [0.15, 0.2) is 20.9 Å². The van der Waals surface area contributed by atoms with Gasteiger partial charge in [0.05, 0.1) is 19.3 Å². The largest absolute Gasteiger partial charge is 0.444 e. The van der Waals surface area contributed by atoms with Crippen molar-refractivity contribution in [3.63, 3.8) is 0 Å². The van der Waals surface area contributed by atoms with Gasteiger partial charge in [0.2, 0.25) is 5.89 Å². The fraction of sp³-hybridized carbons (Fsp3) is 0.417. The number of hydrogen-bond donors (Lipinski definition) is 2. The molecule has 2 N–H and O–H groups in total. The maximum atomic E-state index is 12.1. The zero-order valence-electron chi connectivity index (χ0n) is 11.2. The molecule has 2 rings (SSSR count). The third-order valence-corrected chi connectivity index (χ3v) is 5.87. The third-order valence-electron chi connectivity index (χ3n) is 2.77. The second kappa shape index (κ2) is 6.04. The lowest BCUT2D eigenvalue weighted by Gasteiger charge is -2.01. The summed E-state index contributed by atoms with van der Waals surface area (Å²) in [5.41, 5.74) is 0.766. The number of thiophene rings is 1. The highest BCUT2D eigenvalue weighted by atomic mass is 32.2. The lowest BCUT2D eigenvalue weighted by atomic mass is 10.3. The van der Waals surface area contributed by atoms with Crippen LogP contribution in [-0.4, -0.2) is 18.5 Å². The summed E-state index contributed by atoms with van der Waals surface area (Å²) in [5, 5.41) is 9.11. The van der Waals surface area contributed by atoms with Crippen LogP contribution in [0, 0.1) is 6.92 Å². The van der Waals surface area contributed by atoms with Crippen molar-refractivity contribution in [1.29, 1.82) is 0 Å². The first kappa shape index (κ1) is 15.2. The summed E-state index contributed by atoms with van der Waals surface area (Å²) in [5.74, 6) is 1.05. The minimum absolute atomic E-state index is 0.00768. The van der Waals surface area contributed by atoms with E-state index in [0.717, 1.165) is 16.9 Å². The highest BCUT2D eigenvalue weighted by Gasteiger charge is 2.19. The zero-order valence-corrected chi connectivity index (χ0v) is 12.8. The van der Waals surface area contributed by atoms with E-state index in [1.54, 1.807) is 19.2 Å². The molecule has 6 nitrogen and oxygen atoms in total. The lowest BCUT2D eigenvalue weighted by Crippen LogP contribution is -2.22. The van der Waals surface area contributed by atoms with E-state index in [-0.39, 0.29) is 17.4 Å². The van der Waals surface area contributed by atoms with Crippen LogP contribution in [0.5, 0.6) is 0 Å². The molecule has 0 radical (unpaired) electrons. The Morgan fingerprint density at radius 3 is 2.80 bits per heavy atom. The number of oxazole rings is 1. The highest BCUT2D eigenvalue weighted by molar-refractivity contribution is 7.91. The number of nitrogens with zero attached hydrogens (tertiary/aromatic N) is 1. The maximum Gasteiger partial charge on any atom is 0.250 e. The summed E-state index contributed by atoms with van der Waals surface area (Å²) in [6, 6.07) is 1.55. The molecule has 2 aromatic heterocycles. The van der Waals surface area contributed by atoms with Crippen LogP contribution in [0.2, 0.25) is 0 Å². The standard InChI is InChI=1S/C12H16N2O4S2/c1-3-9-5-13-11(18-9)6-14-20(16,17)12-4-8(2)10(7-15)19-12/h4-5,14-15H,3,6-7H2,1-2H3. The van der Waals surface area contributed by atoms with Crippen molar-refractivity contribution in [1.82, 2.24) is 9.71 Å². The second-order valence-electron chi connectivity index (χ2n) is 4.23. The van der Waals surface area contributed by atoms with E-state index in [9.17, 15) is 8.42 Å². The third kappa shape index (κ3) is 3.26. The van der Waals surface area contributed by atoms with Crippen molar-refractivity contribution in [2.75, 3.05) is 0 Å². The van der Waals surface area contributed by atoms with Crippen molar-refractivity contribution in [2.24, 2.45) is 0 Å². The number of aromatic nitrogens is 1. The molecule has 2 aromatic rings. The van der Waals surface area contributed by atoms with Crippen LogP contribution >= 0.6 is 11.3 Å². The van der Waals surface area contributed by atoms with Gasteiger partial charge in [0.25, 0.3) is 10.0 Å². The Hall–Kier alpha value is -1.22. The van der Waals surface area contributed by atoms with Gasteiger partial charge in [-0.05, 0) is 18.6 Å². The van der Waals surface area contributed by atoms with Gasteiger partial charge in [-0.2, -0.15) is 0 Å². The van der Waals surface area contributed by atoms with Gasteiger partial charge in [0.1, 0.15) is 9.97 Å². The number of nitrogens with one attached hydrogen (secondary N) is 1. The average Bonchev–Trinajstić information content (AvgIpc) is 3.02. The van der Waals surface area contributed by atoms with Gasteiger partial charge in [-0.3, -0.25) is 0 Å². The van der Waals surface area contributed by atoms with Gasteiger partial charge in [-0.15, -0.1) is 11.3 Å². The van der Waals surface area contributed by atoms with E-state index in [0.29, 0.717) is 22.9 Å². The SMILES string of the molecule is CCc1cnc(CNS(=O)(=O)c2cc(C)c(CO)s2)o1. The minimum atomic E-state index is -3.61. The summed E-state index contributed by atoms with van der Waals surface area (Å²) in [7, 11) is -3.61. The molecule has 0 aliphatic heterocycles. The van der Waals surface area contributed by atoms with Crippen molar-refractivity contribution in [3.8, 4) is 0 Å². The van der Waals surface area contributed by atoms with Crippen molar-refractivity contribution >= 4 is 21.4 Å². The Morgan fingerprint density at radius 2 is 2.25 bits per heavy atom. The normalized spacial score (nSPS) is 11.9. The van der Waals surface area contributed by atoms with Gasteiger partial charge in [-0.1, -0.05) is 6.92 Å². The molecule has 8 heteroatoms. The van der Waals surface area contributed by atoms with E-state index in [1.807, 2.05) is 6.92 Å². The number of rotatable bonds is 6. The Kier molecular flexibility index (Phi) is 4.59. The predicted octanol–water partition coefficient (Wildman–Crippen LogP) is 1.58. The van der Waals surface area contributed by atoms with Gasteiger partial charge in [-0.25, -0.2) is 18.1 Å². The van der Waals surface area contributed by atoms with Gasteiger partial charge in [0.15, 0.2) is 0 Å². The van der Waals surface area contributed by atoms with Gasteiger partial charge < -0.3 is 9.52 Å². The number of hydrogen-bond acceptors (Lipinski definition) is 6. The molecule has 0 fully saturated rings. The first-order valence-electron chi connectivity index (χ1n) is 6.09. The van der Waals surface area contributed by atoms with Crippen LogP contribution in [0.3, 0.4) is 0 Å². The van der Waals surface area contributed by atoms with E-state index in [1.165, 1.54) is 0 Å². The molecule has 0 spiro atoms. The molecular formula is C12H16N2O4S2. The van der Waals surface area contributed by atoms with Crippen LogP contribution in [0.4, 0.5) is 0 Å². The molecule has 0 atom stereocenters. The number of aliphatic hydroxyl groups is 1. The topological polar surface area (TPSA) is 92.4 Å². The number of sulfonamides is 1. The predicted molar refractivity (Wildman–Crippen MR) is 74.9 cm³/mol. The average molecular weight is 316 g/mol. The molecule has 0 unspecified atom stereocenters. The Labute approximate surface area is 121 Å². The van der Waals surface area contributed by atoms with Gasteiger partial charge in [0, 0.05) is 11.3 Å². The molecule has 0 aromatic carbocycles. The van der Waals surface area contributed by atoms with Crippen LogP contribution in [-0.2, 0) is 29.6 Å². The van der Waals surface area contributed by atoms with Crippen molar-refractivity contribution in [2.45, 2.75) is 37.6 Å². The number of aliphatic hydroxyl groups excluding tert-OH is 1. The first-order valence-corrected chi connectivity index (χ1v) is 8.39. The molecule has 0 bridgehead atoms. The number of aryl methyl sites for hydroxylation is 2. The van der Waals surface area contributed by atoms with Crippen LogP contribution < -0.4 is 4.72 Å². The monoisotopic (exact) mass is 316 g/mol. The van der Waals surface area contributed by atoms with Crippen LogP contribution in [0.25, 0.3) is 0 Å². The molecular weight excluding hydrogens is 300 g/mol. The Bertz CT molecular complexity index is 688. The van der Waals surface area contributed by atoms with Crippen molar-refractivity contribution < 1.29 is 17.9 Å². The maximum absolute atomic E-state index is 12.1. The molecule has 0 aliphatic rings. The van der Waals surface area contributed by atoms with Crippen LogP contribution in [0.1, 0.15) is 29.0 Å². The lowest BCUT2D eigenvalue weighted by molar-refractivity contribution is 0.285. The van der Waals surface area contributed by atoms with E-state index < -0.39 is 10.0 Å². The Morgan fingerprint density at radius 1 is 1.50 bits per heavy atom. The Balaban J connectivity index is 2.10. The highest BCUT2D eigenvalue weighted by Crippen LogP contribution is 2.25. The van der Waals surface area contributed by atoms with E-state index in [4.69, 9.17) is 9.52 Å². The zero-order chi connectivity index (χ0) is 14.8. The molecule has 0 saturated carbocycles. The molecule has 0 saturated heterocycles. The van der Waals surface area contributed by atoms with E-state index >= 15 is 0 Å². The molecule has 20 heavy (non-hydrogen) atoms. The summed E-state index contributed by atoms with van der Waals surface area (Å²) in [6.07, 6.45) is 2.30. The minimum Gasteiger partial charge on any atom is -0.444 e. The second-order valence-corrected chi connectivity index (χ2v) is 7.36.